The van der Waals surface area contributed by atoms with E-state index in [9.17, 15) is 0 Å². The van der Waals surface area contributed by atoms with E-state index in [1.165, 1.54) is 5.56 Å². The molecule has 1 aliphatic heterocycles. The van der Waals surface area contributed by atoms with E-state index in [0.717, 1.165) is 30.0 Å². The SMILES string of the molecule is CN(C)CCc1cccc(N2C=NC=CC2c2c(Cl)nc3ccccn23)c1. The molecule has 6 heteroatoms. The third-order valence-electron chi connectivity index (χ3n) is 4.70. The van der Waals surface area contributed by atoms with Gasteiger partial charge in [0.15, 0.2) is 5.15 Å². The molecule has 0 N–H and O–H groups in total. The van der Waals surface area contributed by atoms with Gasteiger partial charge in [0.25, 0.3) is 0 Å². The van der Waals surface area contributed by atoms with Gasteiger partial charge in [0.1, 0.15) is 5.65 Å². The van der Waals surface area contributed by atoms with Gasteiger partial charge in [-0.05, 0) is 56.4 Å². The molecule has 0 spiro atoms. The zero-order valence-corrected chi connectivity index (χ0v) is 16.2. The van der Waals surface area contributed by atoms with Crippen molar-refractivity contribution in [3.63, 3.8) is 0 Å². The van der Waals surface area contributed by atoms with Crippen molar-refractivity contribution in [2.75, 3.05) is 25.5 Å². The lowest BCUT2D eigenvalue weighted by Gasteiger charge is -2.30. The van der Waals surface area contributed by atoms with Crippen molar-refractivity contribution >= 4 is 29.3 Å². The fourth-order valence-corrected chi connectivity index (χ4v) is 3.62. The number of nitrogens with zero attached hydrogens (tertiary/aromatic N) is 5. The van der Waals surface area contributed by atoms with Gasteiger partial charge in [-0.1, -0.05) is 29.8 Å². The first-order valence-corrected chi connectivity index (χ1v) is 9.36. The van der Waals surface area contributed by atoms with Crippen LogP contribution >= 0.6 is 11.6 Å². The van der Waals surface area contributed by atoms with Crippen molar-refractivity contribution in [1.29, 1.82) is 0 Å². The number of likely N-dealkylation sites (N-methyl/N-ethyl adjacent to an activating group) is 1. The maximum absolute atomic E-state index is 6.53. The second-order valence-electron chi connectivity index (χ2n) is 6.90. The molecule has 0 aliphatic carbocycles. The molecular formula is C21H22ClN5. The summed E-state index contributed by atoms with van der Waals surface area (Å²) in [7, 11) is 4.18. The van der Waals surface area contributed by atoms with E-state index >= 15 is 0 Å². The summed E-state index contributed by atoms with van der Waals surface area (Å²) < 4.78 is 2.04. The Labute approximate surface area is 164 Å². The van der Waals surface area contributed by atoms with Gasteiger partial charge in [-0.2, -0.15) is 0 Å². The molecule has 2 aromatic heterocycles. The smallest absolute Gasteiger partial charge is 0.153 e. The number of hydrogen-bond donors (Lipinski definition) is 0. The largest absolute Gasteiger partial charge is 0.320 e. The number of aromatic nitrogens is 2. The van der Waals surface area contributed by atoms with Crippen LogP contribution in [0.4, 0.5) is 5.69 Å². The third-order valence-corrected chi connectivity index (χ3v) is 4.98. The molecule has 0 bridgehead atoms. The number of aliphatic imine (C=N–C) groups is 1. The number of anilines is 1. The zero-order chi connectivity index (χ0) is 18.8. The quantitative estimate of drug-likeness (QED) is 0.666. The lowest BCUT2D eigenvalue weighted by atomic mass is 10.1. The predicted octanol–water partition coefficient (Wildman–Crippen LogP) is 4.20. The zero-order valence-electron chi connectivity index (χ0n) is 15.5. The highest BCUT2D eigenvalue weighted by Crippen LogP contribution is 2.34. The van der Waals surface area contributed by atoms with E-state index in [-0.39, 0.29) is 6.04 Å². The molecule has 3 heterocycles. The van der Waals surface area contributed by atoms with Crippen LogP contribution in [0.15, 0.2) is 65.9 Å². The van der Waals surface area contributed by atoms with Crippen LogP contribution in [-0.4, -0.2) is 41.3 Å². The van der Waals surface area contributed by atoms with Crippen molar-refractivity contribution in [1.82, 2.24) is 14.3 Å². The molecule has 27 heavy (non-hydrogen) atoms. The van der Waals surface area contributed by atoms with E-state index in [4.69, 9.17) is 11.6 Å². The Hall–Kier alpha value is -2.63. The highest BCUT2D eigenvalue weighted by Gasteiger charge is 2.26. The molecule has 0 amide bonds. The summed E-state index contributed by atoms with van der Waals surface area (Å²) in [6.45, 7) is 1.01. The molecule has 0 saturated carbocycles. The summed E-state index contributed by atoms with van der Waals surface area (Å²) in [6, 6.07) is 14.4. The first-order chi connectivity index (χ1) is 13.1. The molecule has 5 nitrogen and oxygen atoms in total. The minimum atomic E-state index is -0.0727. The summed E-state index contributed by atoms with van der Waals surface area (Å²) in [5.41, 5.74) is 4.17. The Balaban J connectivity index is 1.72. The minimum Gasteiger partial charge on any atom is -0.320 e. The van der Waals surface area contributed by atoms with Gasteiger partial charge in [-0.25, -0.2) is 9.98 Å². The van der Waals surface area contributed by atoms with Crippen molar-refractivity contribution in [2.45, 2.75) is 12.5 Å². The first-order valence-electron chi connectivity index (χ1n) is 8.98. The fraction of sp³-hybridized carbons (Fsp3) is 0.238. The molecule has 3 aromatic rings. The van der Waals surface area contributed by atoms with Gasteiger partial charge in [0, 0.05) is 24.6 Å². The van der Waals surface area contributed by atoms with Crippen molar-refractivity contribution in [3.05, 3.63) is 77.3 Å². The number of benzene rings is 1. The van der Waals surface area contributed by atoms with Gasteiger partial charge < -0.3 is 14.2 Å². The first kappa shape index (κ1) is 17.8. The van der Waals surface area contributed by atoms with Gasteiger partial charge in [-0.15, -0.1) is 0 Å². The van der Waals surface area contributed by atoms with Crippen LogP contribution in [0.2, 0.25) is 5.15 Å². The maximum Gasteiger partial charge on any atom is 0.153 e. The fourth-order valence-electron chi connectivity index (χ4n) is 3.33. The monoisotopic (exact) mass is 379 g/mol. The summed E-state index contributed by atoms with van der Waals surface area (Å²) in [5.74, 6) is 0. The van der Waals surface area contributed by atoms with Crippen molar-refractivity contribution < 1.29 is 0 Å². The lowest BCUT2D eigenvalue weighted by Crippen LogP contribution is -2.29. The van der Waals surface area contributed by atoms with E-state index in [1.807, 2.05) is 41.3 Å². The topological polar surface area (TPSA) is 36.1 Å². The molecule has 1 aliphatic rings. The van der Waals surface area contributed by atoms with Crippen LogP contribution in [0.3, 0.4) is 0 Å². The summed E-state index contributed by atoms with van der Waals surface area (Å²) in [6.07, 6.45) is 8.72. The number of hydrogen-bond acceptors (Lipinski definition) is 4. The van der Waals surface area contributed by atoms with Crippen LogP contribution in [0.5, 0.6) is 0 Å². The van der Waals surface area contributed by atoms with Crippen LogP contribution in [0.25, 0.3) is 5.65 Å². The van der Waals surface area contributed by atoms with Crippen LogP contribution in [0, 0.1) is 0 Å². The maximum atomic E-state index is 6.53. The Morgan fingerprint density at radius 1 is 1.15 bits per heavy atom. The van der Waals surface area contributed by atoms with Gasteiger partial charge in [0.05, 0.1) is 18.1 Å². The molecule has 4 rings (SSSR count). The van der Waals surface area contributed by atoms with E-state index in [1.54, 1.807) is 0 Å². The van der Waals surface area contributed by atoms with Gasteiger partial charge in [-0.3, -0.25) is 0 Å². The highest BCUT2D eigenvalue weighted by molar-refractivity contribution is 6.30. The van der Waals surface area contributed by atoms with E-state index < -0.39 is 0 Å². The van der Waals surface area contributed by atoms with Crippen molar-refractivity contribution in [3.8, 4) is 0 Å². The molecule has 1 aromatic carbocycles. The number of fused-ring (bicyclic) bond motifs is 1. The van der Waals surface area contributed by atoms with Crippen molar-refractivity contribution in [2.24, 2.45) is 4.99 Å². The standard InChI is InChI=1S/C21H22ClN5/c1-25(2)13-10-16-6-5-7-17(14-16)27-15-23-11-9-18(27)20-21(22)24-19-8-3-4-12-26(19)20/h3-9,11-12,14-15,18H,10,13H2,1-2H3. The average molecular weight is 380 g/mol. The van der Waals surface area contributed by atoms with Gasteiger partial charge >= 0.3 is 0 Å². The third kappa shape index (κ3) is 3.61. The molecule has 138 valence electrons. The minimum absolute atomic E-state index is 0.0727. The van der Waals surface area contributed by atoms with E-state index in [2.05, 4.69) is 64.2 Å². The summed E-state index contributed by atoms with van der Waals surface area (Å²) in [4.78, 5) is 13.2. The number of halogens is 1. The number of imidazole rings is 1. The van der Waals surface area contributed by atoms with Crippen LogP contribution in [-0.2, 0) is 6.42 Å². The summed E-state index contributed by atoms with van der Waals surface area (Å²) >= 11 is 6.53. The lowest BCUT2D eigenvalue weighted by molar-refractivity contribution is 0.413. The predicted molar refractivity (Wildman–Crippen MR) is 112 cm³/mol. The average Bonchev–Trinajstić information content (AvgIpc) is 3.02. The molecule has 0 radical (unpaired) electrons. The Morgan fingerprint density at radius 3 is 2.89 bits per heavy atom. The Morgan fingerprint density at radius 2 is 2.04 bits per heavy atom. The molecule has 0 saturated heterocycles. The number of rotatable bonds is 5. The second-order valence-corrected chi connectivity index (χ2v) is 7.26. The second kappa shape index (κ2) is 7.55. The van der Waals surface area contributed by atoms with E-state index in [0.29, 0.717) is 5.15 Å². The normalized spacial score (nSPS) is 16.6. The number of pyridine rings is 1. The molecule has 0 fully saturated rings. The Kier molecular flexibility index (Phi) is 4.97. The highest BCUT2D eigenvalue weighted by atomic mass is 35.5. The molecule has 1 unspecified atom stereocenters. The summed E-state index contributed by atoms with van der Waals surface area (Å²) in [5, 5.41) is 0.514. The molecule has 1 atom stereocenters. The Bertz CT molecular complexity index is 1000. The van der Waals surface area contributed by atoms with Crippen LogP contribution < -0.4 is 4.90 Å². The van der Waals surface area contributed by atoms with Gasteiger partial charge in [0.2, 0.25) is 0 Å². The molecular weight excluding hydrogens is 358 g/mol. The van der Waals surface area contributed by atoms with Crippen LogP contribution in [0.1, 0.15) is 17.3 Å².